The molecule has 1 heterocycles. The second-order valence-electron chi connectivity index (χ2n) is 7.56. The van der Waals surface area contributed by atoms with Crippen LogP contribution in [0, 0.1) is 0 Å². The van der Waals surface area contributed by atoms with Gasteiger partial charge in [0.05, 0.1) is 23.6 Å². The first-order valence-corrected chi connectivity index (χ1v) is 10.3. The van der Waals surface area contributed by atoms with E-state index in [0.717, 1.165) is 35.2 Å². The van der Waals surface area contributed by atoms with Gasteiger partial charge in [-0.1, -0.05) is 37.3 Å². The van der Waals surface area contributed by atoms with Gasteiger partial charge in [0.25, 0.3) is 0 Å². The Kier molecular flexibility index (Phi) is 5.44. The standard InChI is InChI=1S/C25H25NO4/c1-3-16-20(30-2)14-13-19-22(16)24(27)23-18(26-19)12-8-7-11-17(25(28)29)21(23)15-9-5-4-6-10-15/h4-6,9-10,13-14H,3,7-8,11-12H2,1-2H3,(H,26,27)(H,28,29). The minimum Gasteiger partial charge on any atom is -0.496 e. The summed E-state index contributed by atoms with van der Waals surface area (Å²) in [5.41, 5.74) is 4.34. The zero-order valence-electron chi connectivity index (χ0n) is 17.2. The number of carboxylic acids is 1. The molecule has 1 aliphatic carbocycles. The molecule has 0 atom stereocenters. The Hall–Kier alpha value is -3.34. The molecule has 4 rings (SSSR count). The van der Waals surface area contributed by atoms with Crippen LogP contribution >= 0.6 is 0 Å². The van der Waals surface area contributed by atoms with E-state index in [1.165, 1.54) is 0 Å². The third-order valence-corrected chi connectivity index (χ3v) is 5.86. The van der Waals surface area contributed by atoms with Gasteiger partial charge in [0.2, 0.25) is 0 Å². The molecule has 0 radical (unpaired) electrons. The highest BCUT2D eigenvalue weighted by Crippen LogP contribution is 2.35. The molecule has 0 aliphatic heterocycles. The quantitative estimate of drug-likeness (QED) is 0.661. The molecule has 2 N–H and O–H groups in total. The lowest BCUT2D eigenvalue weighted by Crippen LogP contribution is -2.20. The third-order valence-electron chi connectivity index (χ3n) is 5.86. The molecular formula is C25H25NO4. The van der Waals surface area contributed by atoms with Crippen molar-refractivity contribution in [1.29, 1.82) is 0 Å². The third kappa shape index (κ3) is 3.30. The Bertz CT molecular complexity index is 1210. The molecule has 2 aromatic carbocycles. The summed E-state index contributed by atoms with van der Waals surface area (Å²) >= 11 is 0. The van der Waals surface area contributed by atoms with Gasteiger partial charge in [0, 0.05) is 22.4 Å². The highest BCUT2D eigenvalue weighted by Gasteiger charge is 2.26. The van der Waals surface area contributed by atoms with Gasteiger partial charge in [0.15, 0.2) is 5.43 Å². The van der Waals surface area contributed by atoms with Gasteiger partial charge in [-0.25, -0.2) is 4.79 Å². The Balaban J connectivity index is 2.18. The van der Waals surface area contributed by atoms with E-state index in [1.807, 2.05) is 49.4 Å². The Morgan fingerprint density at radius 1 is 1.10 bits per heavy atom. The van der Waals surface area contributed by atoms with Gasteiger partial charge in [-0.3, -0.25) is 4.79 Å². The van der Waals surface area contributed by atoms with Crippen molar-refractivity contribution in [2.75, 3.05) is 7.11 Å². The lowest BCUT2D eigenvalue weighted by molar-refractivity contribution is -0.132. The second-order valence-corrected chi connectivity index (χ2v) is 7.56. The zero-order valence-corrected chi connectivity index (χ0v) is 17.2. The second kappa shape index (κ2) is 8.19. The number of ether oxygens (including phenoxy) is 1. The van der Waals surface area contributed by atoms with Crippen molar-refractivity contribution in [3.63, 3.8) is 0 Å². The molecule has 0 amide bonds. The molecule has 30 heavy (non-hydrogen) atoms. The molecule has 5 nitrogen and oxygen atoms in total. The number of hydrogen-bond acceptors (Lipinski definition) is 3. The maximum Gasteiger partial charge on any atom is 0.332 e. The maximum atomic E-state index is 13.9. The van der Waals surface area contributed by atoms with Crippen molar-refractivity contribution in [2.24, 2.45) is 0 Å². The first-order chi connectivity index (χ1) is 14.6. The average Bonchev–Trinajstić information content (AvgIpc) is 2.74. The van der Waals surface area contributed by atoms with Crippen LogP contribution in [0.25, 0.3) is 16.5 Å². The summed E-state index contributed by atoms with van der Waals surface area (Å²) in [6, 6.07) is 13.1. The normalized spacial score (nSPS) is 14.2. The van der Waals surface area contributed by atoms with Crippen molar-refractivity contribution in [3.05, 3.63) is 80.6 Å². The van der Waals surface area contributed by atoms with Crippen LogP contribution in [0.1, 0.15) is 48.6 Å². The molecule has 0 bridgehead atoms. The van der Waals surface area contributed by atoms with Crippen LogP contribution in [0.4, 0.5) is 0 Å². The van der Waals surface area contributed by atoms with Crippen LogP contribution in [0.3, 0.4) is 0 Å². The van der Waals surface area contributed by atoms with E-state index in [2.05, 4.69) is 4.98 Å². The number of aliphatic carboxylic acids is 1. The molecule has 3 aromatic rings. The molecule has 0 saturated carbocycles. The minimum absolute atomic E-state index is 0.131. The summed E-state index contributed by atoms with van der Waals surface area (Å²) in [5, 5.41) is 10.6. The van der Waals surface area contributed by atoms with Gasteiger partial charge in [0.1, 0.15) is 5.75 Å². The predicted molar refractivity (Wildman–Crippen MR) is 118 cm³/mol. The van der Waals surface area contributed by atoms with Crippen molar-refractivity contribution in [2.45, 2.75) is 39.0 Å². The number of H-pyrrole nitrogens is 1. The highest BCUT2D eigenvalue weighted by atomic mass is 16.5. The molecule has 5 heteroatoms. The van der Waals surface area contributed by atoms with E-state index in [0.29, 0.717) is 47.1 Å². The Labute approximate surface area is 175 Å². The summed E-state index contributed by atoms with van der Waals surface area (Å²) in [6.45, 7) is 1.99. The van der Waals surface area contributed by atoms with Crippen LogP contribution in [-0.2, 0) is 17.6 Å². The summed E-state index contributed by atoms with van der Waals surface area (Å²) in [6.07, 6.45) is 3.37. The van der Waals surface area contributed by atoms with Crippen LogP contribution in [-0.4, -0.2) is 23.2 Å². The fraction of sp³-hybridized carbons (Fsp3) is 0.280. The molecule has 1 aromatic heterocycles. The molecule has 0 unspecified atom stereocenters. The fourth-order valence-corrected chi connectivity index (χ4v) is 4.49. The first kappa shape index (κ1) is 20.0. The SMILES string of the molecule is CCc1c(OC)ccc2[nH]c3c(c(=O)c12)C(c1ccccc1)=C(C(=O)O)CCCC3. The summed E-state index contributed by atoms with van der Waals surface area (Å²) < 4.78 is 5.50. The van der Waals surface area contributed by atoms with Crippen LogP contribution in [0.5, 0.6) is 5.75 Å². The molecular weight excluding hydrogens is 378 g/mol. The largest absolute Gasteiger partial charge is 0.496 e. The molecule has 0 saturated heterocycles. The van der Waals surface area contributed by atoms with E-state index in [-0.39, 0.29) is 5.43 Å². The van der Waals surface area contributed by atoms with Gasteiger partial charge < -0.3 is 14.8 Å². The van der Waals surface area contributed by atoms with Crippen molar-refractivity contribution >= 4 is 22.4 Å². The number of hydrogen-bond donors (Lipinski definition) is 2. The van der Waals surface area contributed by atoms with Crippen molar-refractivity contribution in [1.82, 2.24) is 4.98 Å². The van der Waals surface area contributed by atoms with Crippen LogP contribution in [0.2, 0.25) is 0 Å². The number of pyridine rings is 1. The topological polar surface area (TPSA) is 79.4 Å². The number of aryl methyl sites for hydroxylation is 2. The van der Waals surface area contributed by atoms with Crippen molar-refractivity contribution in [3.8, 4) is 5.75 Å². The predicted octanol–water partition coefficient (Wildman–Crippen LogP) is 4.71. The van der Waals surface area contributed by atoms with E-state index in [1.54, 1.807) is 7.11 Å². The number of methoxy groups -OCH3 is 1. The molecule has 0 spiro atoms. The zero-order chi connectivity index (χ0) is 21.3. The van der Waals surface area contributed by atoms with Crippen molar-refractivity contribution < 1.29 is 14.6 Å². The summed E-state index contributed by atoms with van der Waals surface area (Å²) in [5.74, 6) is -0.299. The Morgan fingerprint density at radius 3 is 2.50 bits per heavy atom. The van der Waals surface area contributed by atoms with Gasteiger partial charge in [-0.05, 0) is 49.8 Å². The smallest absolute Gasteiger partial charge is 0.332 e. The summed E-state index contributed by atoms with van der Waals surface area (Å²) in [7, 11) is 1.60. The molecule has 1 aliphatic rings. The molecule has 154 valence electrons. The van der Waals surface area contributed by atoms with Crippen LogP contribution in [0.15, 0.2) is 52.8 Å². The van der Waals surface area contributed by atoms with E-state index < -0.39 is 5.97 Å². The van der Waals surface area contributed by atoms with Gasteiger partial charge in [-0.2, -0.15) is 0 Å². The number of nitrogens with one attached hydrogen (secondary N) is 1. The Morgan fingerprint density at radius 2 is 1.83 bits per heavy atom. The average molecular weight is 403 g/mol. The van der Waals surface area contributed by atoms with E-state index in [4.69, 9.17) is 4.74 Å². The first-order valence-electron chi connectivity index (χ1n) is 10.3. The fourth-order valence-electron chi connectivity index (χ4n) is 4.49. The number of carboxylic acid groups (broad SMARTS) is 1. The lowest BCUT2D eigenvalue weighted by atomic mass is 9.85. The maximum absolute atomic E-state index is 13.9. The number of carbonyl (C=O) groups is 1. The minimum atomic E-state index is -0.970. The number of benzene rings is 2. The van der Waals surface area contributed by atoms with Gasteiger partial charge >= 0.3 is 5.97 Å². The van der Waals surface area contributed by atoms with Crippen LogP contribution < -0.4 is 10.2 Å². The summed E-state index contributed by atoms with van der Waals surface area (Å²) in [4.78, 5) is 29.6. The van der Waals surface area contributed by atoms with E-state index >= 15 is 0 Å². The number of aromatic nitrogens is 1. The number of fused-ring (bicyclic) bond motifs is 2. The molecule has 0 fully saturated rings. The number of rotatable bonds is 4. The lowest BCUT2D eigenvalue weighted by Gasteiger charge is -2.21. The van der Waals surface area contributed by atoms with Gasteiger partial charge in [-0.15, -0.1) is 0 Å². The number of aromatic amines is 1. The monoisotopic (exact) mass is 403 g/mol. The van der Waals surface area contributed by atoms with E-state index in [9.17, 15) is 14.7 Å². The highest BCUT2D eigenvalue weighted by molar-refractivity contribution is 6.02.